The minimum Gasteiger partial charge on any atom is -0.469 e. The van der Waals surface area contributed by atoms with Crippen LogP contribution in [0.1, 0.15) is 25.7 Å². The summed E-state index contributed by atoms with van der Waals surface area (Å²) >= 11 is 0. The summed E-state index contributed by atoms with van der Waals surface area (Å²) in [6, 6.07) is 0. The SMILES string of the molecule is COC(=O)C1CCN(C(=O)CN2C(=O)[C@H]3CC=CC[C@H]3C2=O)CC1. The van der Waals surface area contributed by atoms with Gasteiger partial charge in [-0.2, -0.15) is 0 Å². The Labute approximate surface area is 140 Å². The molecule has 2 saturated heterocycles. The number of carbonyl (C=O) groups is 4. The first-order chi connectivity index (χ1) is 11.5. The van der Waals surface area contributed by atoms with Crippen molar-refractivity contribution in [1.29, 1.82) is 0 Å². The van der Waals surface area contributed by atoms with Gasteiger partial charge in [0.2, 0.25) is 17.7 Å². The highest BCUT2D eigenvalue weighted by molar-refractivity contribution is 6.07. The molecule has 24 heavy (non-hydrogen) atoms. The lowest BCUT2D eigenvalue weighted by Crippen LogP contribution is -2.46. The Morgan fingerprint density at radius 2 is 1.62 bits per heavy atom. The first-order valence-electron chi connectivity index (χ1n) is 8.38. The second kappa shape index (κ2) is 6.75. The number of methoxy groups -OCH3 is 1. The van der Waals surface area contributed by atoms with Crippen molar-refractivity contribution in [3.05, 3.63) is 12.2 Å². The van der Waals surface area contributed by atoms with Gasteiger partial charge in [-0.3, -0.25) is 24.1 Å². The largest absolute Gasteiger partial charge is 0.469 e. The molecule has 1 aliphatic carbocycles. The zero-order chi connectivity index (χ0) is 17.3. The normalized spacial score (nSPS) is 27.4. The topological polar surface area (TPSA) is 84.0 Å². The van der Waals surface area contributed by atoms with Crippen molar-refractivity contribution in [2.24, 2.45) is 17.8 Å². The summed E-state index contributed by atoms with van der Waals surface area (Å²) in [5.74, 6) is -1.72. The van der Waals surface area contributed by atoms with E-state index in [9.17, 15) is 19.2 Å². The average molecular weight is 334 g/mol. The summed E-state index contributed by atoms with van der Waals surface area (Å²) in [6.07, 6.45) is 6.10. The summed E-state index contributed by atoms with van der Waals surface area (Å²) in [5.41, 5.74) is 0. The number of piperidine rings is 1. The number of imide groups is 1. The zero-order valence-electron chi connectivity index (χ0n) is 13.8. The summed E-state index contributed by atoms with van der Waals surface area (Å²) < 4.78 is 4.73. The van der Waals surface area contributed by atoms with Gasteiger partial charge in [-0.05, 0) is 25.7 Å². The molecule has 3 amide bonds. The van der Waals surface area contributed by atoms with Gasteiger partial charge >= 0.3 is 5.97 Å². The molecule has 0 aromatic carbocycles. The molecular weight excluding hydrogens is 312 g/mol. The van der Waals surface area contributed by atoms with Crippen molar-refractivity contribution in [3.8, 4) is 0 Å². The maximum Gasteiger partial charge on any atom is 0.308 e. The smallest absolute Gasteiger partial charge is 0.308 e. The molecule has 2 heterocycles. The second-order valence-electron chi connectivity index (χ2n) is 6.60. The molecule has 0 radical (unpaired) electrons. The first-order valence-corrected chi connectivity index (χ1v) is 8.38. The average Bonchev–Trinajstić information content (AvgIpc) is 2.86. The van der Waals surface area contributed by atoms with Crippen LogP contribution >= 0.6 is 0 Å². The number of likely N-dealkylation sites (tertiary alicyclic amines) is 2. The number of fused-ring (bicyclic) bond motifs is 1. The minimum absolute atomic E-state index is 0.178. The highest BCUT2D eigenvalue weighted by Gasteiger charge is 2.48. The van der Waals surface area contributed by atoms with Gasteiger partial charge in [0.25, 0.3) is 0 Å². The number of allylic oxidation sites excluding steroid dienone is 2. The minimum atomic E-state index is -0.305. The van der Waals surface area contributed by atoms with Gasteiger partial charge in [0.05, 0.1) is 24.9 Å². The van der Waals surface area contributed by atoms with E-state index in [1.54, 1.807) is 4.90 Å². The van der Waals surface area contributed by atoms with E-state index in [1.807, 2.05) is 12.2 Å². The maximum absolute atomic E-state index is 12.4. The third kappa shape index (κ3) is 2.95. The number of ether oxygens (including phenoxy) is 1. The standard InChI is InChI=1S/C17H22N2O5/c1-24-17(23)11-6-8-18(9-7-11)14(20)10-19-15(21)12-4-2-3-5-13(12)16(19)22/h2-3,11-13H,4-10H2,1H3/t12-,13+. The number of hydrogen-bond donors (Lipinski definition) is 0. The van der Waals surface area contributed by atoms with Gasteiger partial charge < -0.3 is 9.64 Å². The molecule has 130 valence electrons. The number of nitrogens with zero attached hydrogens (tertiary/aromatic N) is 2. The Morgan fingerprint density at radius 3 is 2.12 bits per heavy atom. The van der Waals surface area contributed by atoms with Crippen LogP contribution in [0.15, 0.2) is 12.2 Å². The Hall–Kier alpha value is -2.18. The fourth-order valence-corrected chi connectivity index (χ4v) is 3.79. The van der Waals surface area contributed by atoms with Crippen LogP contribution in [0, 0.1) is 17.8 Å². The first kappa shape index (κ1) is 16.7. The second-order valence-corrected chi connectivity index (χ2v) is 6.60. The van der Waals surface area contributed by atoms with Gasteiger partial charge in [-0.15, -0.1) is 0 Å². The predicted octanol–water partition coefficient (Wildman–Crippen LogP) is 0.349. The molecule has 0 aromatic rings. The lowest BCUT2D eigenvalue weighted by Gasteiger charge is -2.31. The van der Waals surface area contributed by atoms with E-state index in [-0.39, 0.29) is 48.0 Å². The molecule has 7 nitrogen and oxygen atoms in total. The molecular formula is C17H22N2O5. The van der Waals surface area contributed by atoms with Crippen LogP contribution in [-0.2, 0) is 23.9 Å². The van der Waals surface area contributed by atoms with Crippen molar-refractivity contribution in [1.82, 2.24) is 9.80 Å². The van der Waals surface area contributed by atoms with Gasteiger partial charge in [0, 0.05) is 13.1 Å². The van der Waals surface area contributed by atoms with Crippen LogP contribution in [0.4, 0.5) is 0 Å². The quantitative estimate of drug-likeness (QED) is 0.422. The molecule has 3 aliphatic rings. The number of carbonyl (C=O) groups excluding carboxylic acids is 4. The van der Waals surface area contributed by atoms with Crippen LogP contribution in [0.25, 0.3) is 0 Å². The van der Waals surface area contributed by atoms with Gasteiger partial charge in [0.1, 0.15) is 6.54 Å². The van der Waals surface area contributed by atoms with Crippen molar-refractivity contribution < 1.29 is 23.9 Å². The van der Waals surface area contributed by atoms with Crippen LogP contribution in [-0.4, -0.2) is 60.2 Å². The van der Waals surface area contributed by atoms with E-state index in [2.05, 4.69) is 0 Å². The van der Waals surface area contributed by atoms with Crippen molar-refractivity contribution >= 4 is 23.7 Å². The van der Waals surface area contributed by atoms with Crippen molar-refractivity contribution in [2.45, 2.75) is 25.7 Å². The Morgan fingerprint density at radius 1 is 1.08 bits per heavy atom. The molecule has 2 aliphatic heterocycles. The number of esters is 1. The maximum atomic E-state index is 12.4. The highest BCUT2D eigenvalue weighted by atomic mass is 16.5. The van der Waals surface area contributed by atoms with E-state index >= 15 is 0 Å². The van der Waals surface area contributed by atoms with Gasteiger partial charge in [0.15, 0.2) is 0 Å². The molecule has 7 heteroatoms. The lowest BCUT2D eigenvalue weighted by molar-refractivity contribution is -0.150. The number of amides is 3. The van der Waals surface area contributed by atoms with Crippen LogP contribution in [0.2, 0.25) is 0 Å². The molecule has 2 fully saturated rings. The fraction of sp³-hybridized carbons (Fsp3) is 0.647. The van der Waals surface area contributed by atoms with E-state index in [4.69, 9.17) is 4.74 Å². The predicted molar refractivity (Wildman–Crippen MR) is 83.4 cm³/mol. The third-order valence-corrected chi connectivity index (χ3v) is 5.27. The Balaban J connectivity index is 1.57. The fourth-order valence-electron chi connectivity index (χ4n) is 3.79. The van der Waals surface area contributed by atoms with Crippen LogP contribution in [0.3, 0.4) is 0 Å². The van der Waals surface area contributed by atoms with Gasteiger partial charge in [-0.1, -0.05) is 12.2 Å². The molecule has 0 spiro atoms. The summed E-state index contributed by atoms with van der Waals surface area (Å²) in [4.78, 5) is 51.5. The molecule has 3 rings (SSSR count). The zero-order valence-corrected chi connectivity index (χ0v) is 13.8. The lowest BCUT2D eigenvalue weighted by atomic mass is 9.85. The third-order valence-electron chi connectivity index (χ3n) is 5.27. The van der Waals surface area contributed by atoms with Crippen molar-refractivity contribution in [3.63, 3.8) is 0 Å². The van der Waals surface area contributed by atoms with E-state index < -0.39 is 0 Å². The van der Waals surface area contributed by atoms with E-state index in [0.717, 1.165) is 4.90 Å². The van der Waals surface area contributed by atoms with Crippen LogP contribution in [0.5, 0.6) is 0 Å². The van der Waals surface area contributed by atoms with E-state index in [1.165, 1.54) is 7.11 Å². The summed E-state index contributed by atoms with van der Waals surface area (Å²) in [7, 11) is 1.36. The molecule has 0 unspecified atom stereocenters. The summed E-state index contributed by atoms with van der Waals surface area (Å²) in [5, 5.41) is 0. The number of rotatable bonds is 3. The van der Waals surface area contributed by atoms with Crippen molar-refractivity contribution in [2.75, 3.05) is 26.7 Å². The van der Waals surface area contributed by atoms with Crippen LogP contribution < -0.4 is 0 Å². The Bertz CT molecular complexity index is 566. The molecule has 2 atom stereocenters. The molecule has 0 saturated carbocycles. The molecule has 0 aromatic heterocycles. The highest BCUT2D eigenvalue weighted by Crippen LogP contribution is 2.35. The Kier molecular flexibility index (Phi) is 4.69. The van der Waals surface area contributed by atoms with E-state index in [0.29, 0.717) is 38.8 Å². The van der Waals surface area contributed by atoms with Gasteiger partial charge in [-0.25, -0.2) is 0 Å². The monoisotopic (exact) mass is 334 g/mol. The molecule has 0 N–H and O–H groups in total. The molecule has 0 bridgehead atoms. The summed E-state index contributed by atoms with van der Waals surface area (Å²) in [6.45, 7) is 0.708. The number of hydrogen-bond acceptors (Lipinski definition) is 5.